The molecule has 120 valence electrons. The van der Waals surface area contributed by atoms with Crippen molar-refractivity contribution in [3.05, 3.63) is 35.4 Å². The minimum absolute atomic E-state index is 0.0729. The van der Waals surface area contributed by atoms with Crippen molar-refractivity contribution in [2.24, 2.45) is 0 Å². The molecule has 1 N–H and O–H groups in total. The first-order valence-electron chi connectivity index (χ1n) is 8.01. The van der Waals surface area contributed by atoms with Crippen LogP contribution in [0, 0.1) is 0 Å². The van der Waals surface area contributed by atoms with E-state index >= 15 is 0 Å². The van der Waals surface area contributed by atoms with Crippen molar-refractivity contribution in [2.45, 2.75) is 42.5 Å². The standard InChI is InChI=1S/C18H19NO4/c1-9-18(21)7-6-12(20)16-17(18)8-11(19(9)2)10-4-5-13(22-3)15(23-16)14(10)17/h4-7,9,11,16,21H,8H2,1-3H3/t9-,11?,16?,17+,18?/m1/s1. The molecule has 0 aromatic heterocycles. The van der Waals surface area contributed by atoms with Crippen LogP contribution in [0.1, 0.15) is 30.5 Å². The molecule has 5 heteroatoms. The number of aliphatic hydroxyl groups is 1. The number of ketones is 1. The third kappa shape index (κ3) is 1.18. The monoisotopic (exact) mass is 313 g/mol. The minimum Gasteiger partial charge on any atom is -0.493 e. The Morgan fingerprint density at radius 3 is 2.96 bits per heavy atom. The normalized spacial score (nSPS) is 42.6. The molecule has 5 nitrogen and oxygen atoms in total. The van der Waals surface area contributed by atoms with Crippen molar-refractivity contribution in [1.29, 1.82) is 0 Å². The predicted molar refractivity (Wildman–Crippen MR) is 82.8 cm³/mol. The highest BCUT2D eigenvalue weighted by Gasteiger charge is 2.73. The van der Waals surface area contributed by atoms with Crippen LogP contribution in [0.4, 0.5) is 0 Å². The fraction of sp³-hybridized carbons (Fsp3) is 0.500. The number of rotatable bonds is 1. The molecular weight excluding hydrogens is 294 g/mol. The van der Waals surface area contributed by atoms with E-state index in [1.807, 2.05) is 20.0 Å². The number of carbonyl (C=O) groups excluding carboxylic acids is 1. The van der Waals surface area contributed by atoms with Gasteiger partial charge in [0.05, 0.1) is 12.5 Å². The summed E-state index contributed by atoms with van der Waals surface area (Å²) in [6, 6.07) is 4.04. The number of nitrogens with zero attached hydrogens (tertiary/aromatic N) is 1. The molecule has 1 spiro atoms. The summed E-state index contributed by atoms with van der Waals surface area (Å²) in [6.45, 7) is 2.02. The lowest BCUT2D eigenvalue weighted by molar-refractivity contribution is -0.150. The topological polar surface area (TPSA) is 59.0 Å². The van der Waals surface area contributed by atoms with Crippen LogP contribution in [0.3, 0.4) is 0 Å². The van der Waals surface area contributed by atoms with Crippen LogP contribution in [0.2, 0.25) is 0 Å². The summed E-state index contributed by atoms with van der Waals surface area (Å²) in [5.74, 6) is 1.19. The first-order chi connectivity index (χ1) is 11.0. The zero-order valence-corrected chi connectivity index (χ0v) is 13.4. The molecule has 1 aromatic carbocycles. The van der Waals surface area contributed by atoms with Crippen LogP contribution >= 0.6 is 0 Å². The van der Waals surface area contributed by atoms with Crippen molar-refractivity contribution in [3.63, 3.8) is 0 Å². The quantitative estimate of drug-likeness (QED) is 0.848. The summed E-state index contributed by atoms with van der Waals surface area (Å²) in [6.07, 6.45) is 3.21. The summed E-state index contributed by atoms with van der Waals surface area (Å²) in [4.78, 5) is 14.8. The largest absolute Gasteiger partial charge is 0.493 e. The van der Waals surface area contributed by atoms with Gasteiger partial charge < -0.3 is 14.6 Å². The zero-order valence-electron chi connectivity index (χ0n) is 13.4. The summed E-state index contributed by atoms with van der Waals surface area (Å²) in [7, 11) is 3.64. The molecule has 5 rings (SSSR count). The third-order valence-corrected chi connectivity index (χ3v) is 6.59. The second kappa shape index (κ2) is 3.79. The molecule has 0 radical (unpaired) electrons. The molecule has 0 amide bonds. The molecule has 3 unspecified atom stereocenters. The van der Waals surface area contributed by atoms with E-state index in [1.165, 1.54) is 6.08 Å². The van der Waals surface area contributed by atoms with E-state index in [0.717, 1.165) is 11.1 Å². The Bertz CT molecular complexity index is 787. The Kier molecular flexibility index (Phi) is 2.24. The SMILES string of the molecule is COc1ccc2c3c1OC1C(=O)C=CC4(O)[C@@H](C)N(C)C2C[C@]314. The van der Waals surface area contributed by atoms with Crippen LogP contribution in [0.5, 0.6) is 11.5 Å². The highest BCUT2D eigenvalue weighted by molar-refractivity contribution is 5.99. The third-order valence-electron chi connectivity index (χ3n) is 6.59. The molecule has 1 fully saturated rings. The van der Waals surface area contributed by atoms with Crippen molar-refractivity contribution in [3.8, 4) is 11.5 Å². The highest BCUT2D eigenvalue weighted by atomic mass is 16.5. The van der Waals surface area contributed by atoms with Gasteiger partial charge in [-0.2, -0.15) is 0 Å². The van der Waals surface area contributed by atoms with Crippen LogP contribution in [-0.2, 0) is 10.2 Å². The Labute approximate surface area is 134 Å². The molecule has 1 aromatic rings. The summed E-state index contributed by atoms with van der Waals surface area (Å²) in [5.41, 5.74) is 0.300. The van der Waals surface area contributed by atoms with Crippen LogP contribution < -0.4 is 9.47 Å². The second-order valence-electron chi connectivity index (χ2n) is 7.15. The number of hydrogen-bond acceptors (Lipinski definition) is 5. The number of methoxy groups -OCH3 is 1. The van der Waals surface area contributed by atoms with Crippen molar-refractivity contribution < 1.29 is 19.4 Å². The highest BCUT2D eigenvalue weighted by Crippen LogP contribution is 2.68. The number of ether oxygens (including phenoxy) is 2. The summed E-state index contributed by atoms with van der Waals surface area (Å²) in [5, 5.41) is 11.6. The minimum atomic E-state index is -1.13. The van der Waals surface area contributed by atoms with E-state index in [4.69, 9.17) is 9.47 Å². The van der Waals surface area contributed by atoms with Gasteiger partial charge >= 0.3 is 0 Å². The fourth-order valence-corrected chi connectivity index (χ4v) is 5.34. The molecule has 1 saturated heterocycles. The van der Waals surface area contributed by atoms with Crippen molar-refractivity contribution in [2.75, 3.05) is 14.2 Å². The van der Waals surface area contributed by atoms with Crippen LogP contribution in [-0.4, -0.2) is 47.7 Å². The molecular formula is C18H19NO4. The van der Waals surface area contributed by atoms with E-state index in [1.54, 1.807) is 13.2 Å². The number of piperidine rings is 1. The van der Waals surface area contributed by atoms with E-state index < -0.39 is 17.1 Å². The van der Waals surface area contributed by atoms with Gasteiger partial charge in [-0.25, -0.2) is 0 Å². The average molecular weight is 313 g/mol. The molecule has 23 heavy (non-hydrogen) atoms. The number of carbonyl (C=O) groups is 1. The van der Waals surface area contributed by atoms with Crippen molar-refractivity contribution >= 4 is 5.78 Å². The number of likely N-dealkylation sites (N-methyl/N-ethyl adjacent to an activating group) is 1. The fourth-order valence-electron chi connectivity index (χ4n) is 5.34. The smallest absolute Gasteiger partial charge is 0.196 e. The van der Waals surface area contributed by atoms with Crippen LogP contribution in [0.25, 0.3) is 0 Å². The lowest BCUT2D eigenvalue weighted by atomic mass is 9.57. The Balaban J connectivity index is 1.91. The van der Waals surface area contributed by atoms with Crippen LogP contribution in [0.15, 0.2) is 24.3 Å². The predicted octanol–water partition coefficient (Wildman–Crippen LogP) is 1.34. The van der Waals surface area contributed by atoms with Gasteiger partial charge in [0, 0.05) is 17.6 Å². The van der Waals surface area contributed by atoms with Gasteiger partial charge in [0.1, 0.15) is 5.60 Å². The molecule has 0 saturated carbocycles. The molecule has 2 heterocycles. The van der Waals surface area contributed by atoms with Gasteiger partial charge in [-0.05, 0) is 44.2 Å². The zero-order chi connectivity index (χ0) is 16.1. The van der Waals surface area contributed by atoms with Gasteiger partial charge in [0.2, 0.25) is 0 Å². The Morgan fingerprint density at radius 2 is 2.22 bits per heavy atom. The number of likely N-dealkylation sites (tertiary alicyclic amines) is 1. The Morgan fingerprint density at radius 1 is 1.43 bits per heavy atom. The van der Waals surface area contributed by atoms with E-state index in [-0.39, 0.29) is 17.9 Å². The molecule has 5 atom stereocenters. The molecule has 4 aliphatic rings. The number of fused-ring (bicyclic) bond motifs is 2. The maximum atomic E-state index is 12.6. The second-order valence-corrected chi connectivity index (χ2v) is 7.15. The van der Waals surface area contributed by atoms with E-state index in [9.17, 15) is 9.90 Å². The first kappa shape index (κ1) is 13.6. The maximum Gasteiger partial charge on any atom is 0.196 e. The number of hydrogen-bond donors (Lipinski definition) is 1. The van der Waals surface area contributed by atoms with Gasteiger partial charge in [-0.1, -0.05) is 6.07 Å². The van der Waals surface area contributed by atoms with Crippen molar-refractivity contribution in [1.82, 2.24) is 4.90 Å². The van der Waals surface area contributed by atoms with Gasteiger partial charge in [-0.3, -0.25) is 9.69 Å². The van der Waals surface area contributed by atoms with E-state index in [0.29, 0.717) is 17.9 Å². The maximum absolute atomic E-state index is 12.6. The number of benzene rings is 1. The van der Waals surface area contributed by atoms with Gasteiger partial charge in [0.15, 0.2) is 23.4 Å². The molecule has 2 aliphatic heterocycles. The molecule has 2 bridgehead atoms. The average Bonchev–Trinajstić information content (AvgIpc) is 3.06. The first-order valence-corrected chi connectivity index (χ1v) is 8.01. The summed E-state index contributed by atoms with van der Waals surface area (Å²) < 4.78 is 11.5. The van der Waals surface area contributed by atoms with Gasteiger partial charge in [-0.15, -0.1) is 0 Å². The lowest BCUT2D eigenvalue weighted by Gasteiger charge is -2.55. The van der Waals surface area contributed by atoms with E-state index in [2.05, 4.69) is 11.0 Å². The Hall–Kier alpha value is -1.85. The molecule has 2 aliphatic carbocycles. The summed E-state index contributed by atoms with van der Waals surface area (Å²) >= 11 is 0. The van der Waals surface area contributed by atoms with Gasteiger partial charge in [0.25, 0.3) is 0 Å². The lowest BCUT2D eigenvalue weighted by Crippen LogP contribution is -2.70.